The van der Waals surface area contributed by atoms with Gasteiger partial charge in [-0.15, -0.1) is 0 Å². The molecule has 1 N–H and O–H groups in total. The number of carbonyl (C=O) groups excluding carboxylic acids is 3. The zero-order chi connectivity index (χ0) is 18.0. The molecule has 6 heteroatoms. The minimum atomic E-state index is -0.207. The lowest BCUT2D eigenvalue weighted by atomic mass is 9.85. The van der Waals surface area contributed by atoms with Crippen molar-refractivity contribution >= 4 is 35.0 Å². The molecule has 132 valence electrons. The van der Waals surface area contributed by atoms with Crippen LogP contribution in [0, 0.1) is 18.8 Å². The van der Waals surface area contributed by atoms with E-state index in [-0.39, 0.29) is 36.0 Å². The smallest absolute Gasteiger partial charge is 0.233 e. The van der Waals surface area contributed by atoms with E-state index in [1.165, 1.54) is 4.90 Å². The first-order valence-electron chi connectivity index (χ1n) is 8.53. The summed E-state index contributed by atoms with van der Waals surface area (Å²) in [6.45, 7) is 2.19. The molecule has 1 aromatic rings. The second-order valence-corrected chi connectivity index (χ2v) is 7.01. The highest BCUT2D eigenvalue weighted by Crippen LogP contribution is 2.35. The normalized spacial score (nSPS) is 22.2. The van der Waals surface area contributed by atoms with E-state index in [1.807, 2.05) is 25.1 Å². The quantitative estimate of drug-likeness (QED) is 0.647. The number of nitrogens with one attached hydrogen (secondary N) is 1. The van der Waals surface area contributed by atoms with Crippen molar-refractivity contribution in [1.82, 2.24) is 4.90 Å². The number of rotatable bonds is 5. The van der Waals surface area contributed by atoms with Gasteiger partial charge in [0.15, 0.2) is 0 Å². The van der Waals surface area contributed by atoms with E-state index < -0.39 is 0 Å². The summed E-state index contributed by atoms with van der Waals surface area (Å²) in [7, 11) is 0. The molecule has 3 amide bonds. The molecule has 1 saturated heterocycles. The summed E-state index contributed by atoms with van der Waals surface area (Å²) in [5.41, 5.74) is 1.59. The van der Waals surface area contributed by atoms with Crippen molar-refractivity contribution in [2.75, 3.05) is 11.9 Å². The molecule has 1 aliphatic carbocycles. The van der Waals surface area contributed by atoms with Crippen molar-refractivity contribution in [2.24, 2.45) is 11.8 Å². The number of carbonyl (C=O) groups is 3. The van der Waals surface area contributed by atoms with Crippen molar-refractivity contribution in [1.29, 1.82) is 0 Å². The number of amides is 3. The summed E-state index contributed by atoms with van der Waals surface area (Å²) in [6, 6.07) is 5.35. The minimum Gasteiger partial charge on any atom is -0.326 e. The van der Waals surface area contributed by atoms with Gasteiger partial charge in [-0.2, -0.15) is 0 Å². The molecule has 2 atom stereocenters. The number of imide groups is 1. The Morgan fingerprint density at radius 2 is 1.84 bits per heavy atom. The number of hydrogen-bond donors (Lipinski definition) is 1. The molecular formula is C19H21ClN2O3. The lowest BCUT2D eigenvalue weighted by Gasteiger charge is -2.14. The highest BCUT2D eigenvalue weighted by Gasteiger charge is 2.46. The molecule has 0 aromatic heterocycles. The molecule has 1 aromatic carbocycles. The maximum Gasteiger partial charge on any atom is 0.233 e. The van der Waals surface area contributed by atoms with Gasteiger partial charge in [0, 0.05) is 23.7 Å². The van der Waals surface area contributed by atoms with Crippen LogP contribution in [0.1, 0.15) is 31.2 Å². The molecule has 2 aliphatic rings. The summed E-state index contributed by atoms with van der Waals surface area (Å²) in [6.07, 6.45) is 5.92. The monoisotopic (exact) mass is 360 g/mol. The predicted octanol–water partition coefficient (Wildman–Crippen LogP) is 3.32. The number of aryl methyl sites for hydroxylation is 1. The van der Waals surface area contributed by atoms with Crippen molar-refractivity contribution in [3.8, 4) is 0 Å². The minimum absolute atomic E-state index is 0.0925. The van der Waals surface area contributed by atoms with E-state index in [2.05, 4.69) is 5.32 Å². The fraction of sp³-hybridized carbons (Fsp3) is 0.421. The Labute approximate surface area is 152 Å². The van der Waals surface area contributed by atoms with Crippen molar-refractivity contribution < 1.29 is 14.4 Å². The van der Waals surface area contributed by atoms with Gasteiger partial charge in [-0.05, 0) is 43.9 Å². The van der Waals surface area contributed by atoms with Crippen LogP contribution in [-0.2, 0) is 14.4 Å². The van der Waals surface area contributed by atoms with E-state index >= 15 is 0 Å². The number of halogens is 1. The maximum absolute atomic E-state index is 12.3. The van der Waals surface area contributed by atoms with Crippen molar-refractivity contribution in [2.45, 2.75) is 32.6 Å². The summed E-state index contributed by atoms with van der Waals surface area (Å²) in [5.74, 6) is -0.754. The topological polar surface area (TPSA) is 66.5 Å². The fourth-order valence-electron chi connectivity index (χ4n) is 3.38. The third-order valence-corrected chi connectivity index (χ3v) is 5.25. The van der Waals surface area contributed by atoms with E-state index in [1.54, 1.807) is 12.1 Å². The highest BCUT2D eigenvalue weighted by atomic mass is 35.5. The number of allylic oxidation sites excluding steroid dienone is 2. The first-order valence-corrected chi connectivity index (χ1v) is 8.91. The van der Waals surface area contributed by atoms with Gasteiger partial charge < -0.3 is 5.32 Å². The Kier molecular flexibility index (Phi) is 5.23. The zero-order valence-corrected chi connectivity index (χ0v) is 14.9. The van der Waals surface area contributed by atoms with Crippen LogP contribution in [0.25, 0.3) is 0 Å². The molecule has 0 spiro atoms. The van der Waals surface area contributed by atoms with Crippen LogP contribution in [0.15, 0.2) is 30.4 Å². The summed E-state index contributed by atoms with van der Waals surface area (Å²) < 4.78 is 0. The molecular weight excluding hydrogens is 340 g/mol. The predicted molar refractivity (Wildman–Crippen MR) is 96.1 cm³/mol. The van der Waals surface area contributed by atoms with Crippen LogP contribution in [0.3, 0.4) is 0 Å². The van der Waals surface area contributed by atoms with Crippen LogP contribution in [-0.4, -0.2) is 29.2 Å². The van der Waals surface area contributed by atoms with Crippen LogP contribution >= 0.6 is 11.6 Å². The van der Waals surface area contributed by atoms with E-state index in [0.717, 1.165) is 5.56 Å². The van der Waals surface area contributed by atoms with Gasteiger partial charge in [0.1, 0.15) is 0 Å². The van der Waals surface area contributed by atoms with Gasteiger partial charge in [-0.3, -0.25) is 19.3 Å². The molecule has 1 aliphatic heterocycles. The van der Waals surface area contributed by atoms with Gasteiger partial charge in [0.05, 0.1) is 11.8 Å². The third kappa shape index (κ3) is 3.76. The van der Waals surface area contributed by atoms with Gasteiger partial charge in [0.2, 0.25) is 17.7 Å². The summed E-state index contributed by atoms with van der Waals surface area (Å²) in [4.78, 5) is 38.1. The molecule has 1 heterocycles. The Balaban J connectivity index is 1.49. The SMILES string of the molecule is Cc1ccc(NC(=O)CCCN2C(=O)[C@H]3CC=CC[C@@H]3C2=O)cc1Cl. The number of hydrogen-bond acceptors (Lipinski definition) is 3. The van der Waals surface area contributed by atoms with Gasteiger partial charge in [-0.25, -0.2) is 0 Å². The van der Waals surface area contributed by atoms with Gasteiger partial charge in [0.25, 0.3) is 0 Å². The average molecular weight is 361 g/mol. The number of fused-ring (bicyclic) bond motifs is 1. The second kappa shape index (κ2) is 7.40. The Bertz CT molecular complexity index is 718. The molecule has 0 unspecified atom stereocenters. The Hall–Kier alpha value is -2.14. The van der Waals surface area contributed by atoms with Crippen LogP contribution in [0.2, 0.25) is 5.02 Å². The van der Waals surface area contributed by atoms with E-state index in [9.17, 15) is 14.4 Å². The molecule has 0 bridgehead atoms. The number of nitrogens with zero attached hydrogens (tertiary/aromatic N) is 1. The largest absolute Gasteiger partial charge is 0.326 e. The maximum atomic E-state index is 12.3. The molecule has 25 heavy (non-hydrogen) atoms. The zero-order valence-electron chi connectivity index (χ0n) is 14.1. The lowest BCUT2D eigenvalue weighted by Crippen LogP contribution is -2.32. The Morgan fingerprint density at radius 3 is 2.44 bits per heavy atom. The van der Waals surface area contributed by atoms with E-state index in [0.29, 0.717) is 36.5 Å². The lowest BCUT2D eigenvalue weighted by molar-refractivity contribution is -0.140. The highest BCUT2D eigenvalue weighted by molar-refractivity contribution is 6.31. The third-order valence-electron chi connectivity index (χ3n) is 4.84. The molecule has 1 fully saturated rings. The Morgan fingerprint density at radius 1 is 1.20 bits per heavy atom. The van der Waals surface area contributed by atoms with Crippen molar-refractivity contribution in [3.63, 3.8) is 0 Å². The van der Waals surface area contributed by atoms with Gasteiger partial charge in [-0.1, -0.05) is 29.8 Å². The summed E-state index contributed by atoms with van der Waals surface area (Å²) in [5, 5.41) is 3.39. The number of likely N-dealkylation sites (tertiary alicyclic amines) is 1. The molecule has 0 radical (unpaired) electrons. The molecule has 3 rings (SSSR count). The average Bonchev–Trinajstić information content (AvgIpc) is 2.83. The fourth-order valence-corrected chi connectivity index (χ4v) is 3.56. The molecule has 5 nitrogen and oxygen atoms in total. The summed E-state index contributed by atoms with van der Waals surface area (Å²) >= 11 is 6.04. The second-order valence-electron chi connectivity index (χ2n) is 6.60. The van der Waals surface area contributed by atoms with Crippen LogP contribution in [0.4, 0.5) is 5.69 Å². The van der Waals surface area contributed by atoms with Crippen molar-refractivity contribution in [3.05, 3.63) is 40.9 Å². The first kappa shape index (κ1) is 17.7. The van der Waals surface area contributed by atoms with Crippen LogP contribution in [0.5, 0.6) is 0 Å². The number of anilines is 1. The number of benzene rings is 1. The molecule has 0 saturated carbocycles. The van der Waals surface area contributed by atoms with E-state index in [4.69, 9.17) is 11.6 Å². The van der Waals surface area contributed by atoms with Gasteiger partial charge >= 0.3 is 0 Å². The first-order chi connectivity index (χ1) is 12.0. The standard InChI is InChI=1S/C19H21ClN2O3/c1-12-8-9-13(11-16(12)20)21-17(23)7-4-10-22-18(24)14-5-2-3-6-15(14)19(22)25/h2-3,8-9,11,14-15H,4-7,10H2,1H3,(H,21,23)/t14-,15-/m0/s1. The van der Waals surface area contributed by atoms with Crippen LogP contribution < -0.4 is 5.32 Å².